The monoisotopic (exact) mass is 522 g/mol. The number of carbonyl (C=O) groups excluding carboxylic acids is 3. The maximum absolute atomic E-state index is 13.4. The fourth-order valence-electron chi connectivity index (χ4n) is 4.00. The second-order valence-electron chi connectivity index (χ2n) is 8.22. The predicted molar refractivity (Wildman–Crippen MR) is 138 cm³/mol. The Bertz CT molecular complexity index is 1380. The third-order valence-corrected chi connectivity index (χ3v) is 6.96. The number of carbonyl (C=O) groups is 3. The van der Waals surface area contributed by atoms with E-state index in [0.717, 1.165) is 17.8 Å². The lowest BCUT2D eigenvalue weighted by Crippen LogP contribution is -2.29. The maximum atomic E-state index is 13.4. The summed E-state index contributed by atoms with van der Waals surface area (Å²) in [5.41, 5.74) is 1.13. The molecule has 1 atom stereocenters. The molecule has 10 heteroatoms. The van der Waals surface area contributed by atoms with Crippen molar-refractivity contribution in [1.82, 2.24) is 4.98 Å². The normalized spacial score (nSPS) is 16.6. The molecule has 1 saturated heterocycles. The van der Waals surface area contributed by atoms with Gasteiger partial charge in [0.2, 0.25) is 0 Å². The fourth-order valence-corrected chi connectivity index (χ4v) is 5.02. The number of ketones is 1. The standard InChI is InChI=1S/C27H26N2O7S/c1-5-13-36-18-11-9-16(10-12-18)21-20(22(30)17-7-6-8-19(14-17)34-3)23(31)25(32)29(21)27-28-15(2)24(37-27)26(33)35-4/h6-12,14,21,30H,5,13H2,1-4H3/t21-/m0/s1. The molecule has 0 aliphatic carbocycles. The summed E-state index contributed by atoms with van der Waals surface area (Å²) in [6.07, 6.45) is 0.842. The number of aryl methyl sites for hydroxylation is 1. The first-order valence-electron chi connectivity index (χ1n) is 11.5. The van der Waals surface area contributed by atoms with Crippen LogP contribution in [0.5, 0.6) is 11.5 Å². The highest BCUT2D eigenvalue weighted by Crippen LogP contribution is 2.44. The number of Topliss-reactive ketones (excluding diaryl/α,β-unsaturated/α-hetero) is 1. The van der Waals surface area contributed by atoms with Gasteiger partial charge in [-0.05, 0) is 43.2 Å². The van der Waals surface area contributed by atoms with Crippen molar-refractivity contribution in [3.8, 4) is 11.5 Å². The first-order valence-corrected chi connectivity index (χ1v) is 12.4. The Morgan fingerprint density at radius 1 is 1.11 bits per heavy atom. The van der Waals surface area contributed by atoms with Crippen molar-refractivity contribution in [2.75, 3.05) is 25.7 Å². The van der Waals surface area contributed by atoms with Crippen LogP contribution in [0.15, 0.2) is 54.1 Å². The van der Waals surface area contributed by atoms with Crippen molar-refractivity contribution in [2.45, 2.75) is 26.3 Å². The van der Waals surface area contributed by atoms with Gasteiger partial charge < -0.3 is 19.3 Å². The van der Waals surface area contributed by atoms with Crippen LogP contribution in [0.1, 0.15) is 45.9 Å². The number of rotatable bonds is 8. The molecule has 3 aromatic rings. The van der Waals surface area contributed by atoms with Crippen LogP contribution in [0.4, 0.5) is 5.13 Å². The first kappa shape index (κ1) is 25.9. The average molecular weight is 523 g/mol. The van der Waals surface area contributed by atoms with Crippen molar-refractivity contribution in [3.63, 3.8) is 0 Å². The van der Waals surface area contributed by atoms with Crippen LogP contribution in [-0.2, 0) is 14.3 Å². The minimum absolute atomic E-state index is 0.104. The molecule has 1 N–H and O–H groups in total. The van der Waals surface area contributed by atoms with Gasteiger partial charge in [0, 0.05) is 5.56 Å². The molecule has 9 nitrogen and oxygen atoms in total. The summed E-state index contributed by atoms with van der Waals surface area (Å²) in [4.78, 5) is 44.7. The number of anilines is 1. The van der Waals surface area contributed by atoms with Crippen molar-refractivity contribution < 1.29 is 33.7 Å². The summed E-state index contributed by atoms with van der Waals surface area (Å²) < 4.78 is 15.7. The number of thiazole rings is 1. The number of hydrogen-bond acceptors (Lipinski definition) is 9. The van der Waals surface area contributed by atoms with Crippen molar-refractivity contribution >= 4 is 39.9 Å². The van der Waals surface area contributed by atoms with Gasteiger partial charge in [0.1, 0.15) is 22.1 Å². The lowest BCUT2D eigenvalue weighted by atomic mass is 9.95. The van der Waals surface area contributed by atoms with Crippen LogP contribution >= 0.6 is 11.3 Å². The van der Waals surface area contributed by atoms with Gasteiger partial charge in [-0.1, -0.05) is 42.5 Å². The summed E-state index contributed by atoms with van der Waals surface area (Å²) in [5.74, 6) is -1.57. The fraction of sp³-hybridized carbons (Fsp3) is 0.259. The maximum Gasteiger partial charge on any atom is 0.350 e. The van der Waals surface area contributed by atoms with Gasteiger partial charge in [0.05, 0.1) is 38.1 Å². The number of ether oxygens (including phenoxy) is 3. The number of amides is 1. The lowest BCUT2D eigenvalue weighted by molar-refractivity contribution is -0.132. The minimum Gasteiger partial charge on any atom is -0.507 e. The Hall–Kier alpha value is -4.18. The van der Waals surface area contributed by atoms with E-state index in [1.54, 1.807) is 55.5 Å². The number of methoxy groups -OCH3 is 2. The van der Waals surface area contributed by atoms with E-state index in [2.05, 4.69) is 4.98 Å². The topological polar surface area (TPSA) is 115 Å². The third kappa shape index (κ3) is 4.92. The summed E-state index contributed by atoms with van der Waals surface area (Å²) in [5, 5.41) is 11.4. The highest BCUT2D eigenvalue weighted by molar-refractivity contribution is 7.17. The molecule has 0 unspecified atom stereocenters. The van der Waals surface area contributed by atoms with Crippen LogP contribution in [0.3, 0.4) is 0 Å². The van der Waals surface area contributed by atoms with E-state index in [9.17, 15) is 19.5 Å². The number of benzene rings is 2. The third-order valence-electron chi connectivity index (χ3n) is 5.82. The molecule has 2 heterocycles. The Labute approximate surface area is 217 Å². The molecule has 192 valence electrons. The van der Waals surface area contributed by atoms with Crippen LogP contribution in [0.2, 0.25) is 0 Å². The van der Waals surface area contributed by atoms with Gasteiger partial charge in [-0.2, -0.15) is 0 Å². The van der Waals surface area contributed by atoms with E-state index < -0.39 is 23.7 Å². The van der Waals surface area contributed by atoms with Gasteiger partial charge in [-0.3, -0.25) is 14.5 Å². The summed E-state index contributed by atoms with van der Waals surface area (Å²) in [7, 11) is 2.74. The zero-order chi connectivity index (χ0) is 26.7. The molecule has 1 amide bonds. The Morgan fingerprint density at radius 3 is 2.49 bits per heavy atom. The lowest BCUT2D eigenvalue weighted by Gasteiger charge is -2.23. The average Bonchev–Trinajstić information content (AvgIpc) is 3.43. The molecule has 0 radical (unpaired) electrons. The van der Waals surface area contributed by atoms with Crippen molar-refractivity contribution in [2.24, 2.45) is 0 Å². The van der Waals surface area contributed by atoms with E-state index in [-0.39, 0.29) is 21.3 Å². The van der Waals surface area contributed by atoms with Crippen LogP contribution in [0.25, 0.3) is 5.76 Å². The zero-order valence-corrected chi connectivity index (χ0v) is 21.6. The summed E-state index contributed by atoms with van der Waals surface area (Å²) >= 11 is 0.942. The molecule has 0 saturated carbocycles. The number of nitrogens with zero attached hydrogens (tertiary/aromatic N) is 2. The van der Waals surface area contributed by atoms with Gasteiger partial charge in [-0.15, -0.1) is 0 Å². The van der Waals surface area contributed by atoms with E-state index in [1.807, 2.05) is 6.92 Å². The predicted octanol–water partition coefficient (Wildman–Crippen LogP) is 4.66. The van der Waals surface area contributed by atoms with E-state index in [0.29, 0.717) is 34.9 Å². The number of aliphatic hydroxyl groups excluding tert-OH is 1. The molecule has 1 fully saturated rings. The molecule has 1 aliphatic rings. The van der Waals surface area contributed by atoms with E-state index in [1.165, 1.54) is 19.1 Å². The summed E-state index contributed by atoms with van der Waals surface area (Å²) in [6.45, 7) is 4.16. The highest BCUT2D eigenvalue weighted by Gasteiger charge is 2.48. The molecule has 2 aromatic carbocycles. The van der Waals surface area contributed by atoms with Crippen LogP contribution in [-0.4, -0.2) is 48.6 Å². The van der Waals surface area contributed by atoms with Crippen LogP contribution in [0, 0.1) is 6.92 Å². The molecule has 0 bridgehead atoms. The molecular formula is C27H26N2O7S. The highest BCUT2D eigenvalue weighted by atomic mass is 32.1. The summed E-state index contributed by atoms with van der Waals surface area (Å²) in [6, 6.07) is 12.5. The molecule has 1 aliphatic heterocycles. The Morgan fingerprint density at radius 2 is 1.84 bits per heavy atom. The Kier molecular flexibility index (Phi) is 7.58. The van der Waals surface area contributed by atoms with Gasteiger partial charge in [-0.25, -0.2) is 9.78 Å². The molecule has 1 aromatic heterocycles. The minimum atomic E-state index is -0.998. The number of aromatic nitrogens is 1. The van der Waals surface area contributed by atoms with Crippen LogP contribution < -0.4 is 14.4 Å². The largest absolute Gasteiger partial charge is 0.507 e. The van der Waals surface area contributed by atoms with Gasteiger partial charge >= 0.3 is 11.9 Å². The number of esters is 1. The smallest absolute Gasteiger partial charge is 0.350 e. The van der Waals surface area contributed by atoms with Crippen molar-refractivity contribution in [1.29, 1.82) is 0 Å². The first-order chi connectivity index (χ1) is 17.8. The van der Waals surface area contributed by atoms with Crippen molar-refractivity contribution in [3.05, 3.63) is 75.8 Å². The molecule has 37 heavy (non-hydrogen) atoms. The Balaban J connectivity index is 1.89. The van der Waals surface area contributed by atoms with Gasteiger partial charge in [0.15, 0.2) is 5.13 Å². The molecular weight excluding hydrogens is 496 g/mol. The second kappa shape index (κ2) is 10.8. The number of aliphatic hydroxyl groups is 1. The second-order valence-corrected chi connectivity index (χ2v) is 9.20. The van der Waals surface area contributed by atoms with E-state index in [4.69, 9.17) is 14.2 Å². The van der Waals surface area contributed by atoms with Gasteiger partial charge in [0.25, 0.3) is 5.78 Å². The zero-order valence-electron chi connectivity index (χ0n) is 20.8. The molecule has 0 spiro atoms. The molecule has 4 rings (SSSR count). The SMILES string of the molecule is CCCOc1ccc([C@H]2C(=C(O)c3cccc(OC)c3)C(=O)C(=O)N2c2nc(C)c(C(=O)OC)s2)cc1. The number of hydrogen-bond donors (Lipinski definition) is 1. The quantitative estimate of drug-likeness (QED) is 0.197. The van der Waals surface area contributed by atoms with E-state index >= 15 is 0 Å².